The predicted molar refractivity (Wildman–Crippen MR) is 106 cm³/mol. The molecule has 0 aliphatic carbocycles. The lowest BCUT2D eigenvalue weighted by molar-refractivity contribution is -0.136. The molecule has 2 aromatic carbocycles. The number of halogens is 2. The number of carbonyl (C=O) groups excluding carboxylic acids is 2. The molecule has 1 heterocycles. The van der Waals surface area contributed by atoms with Crippen molar-refractivity contribution in [3.63, 3.8) is 0 Å². The van der Waals surface area contributed by atoms with Crippen molar-refractivity contribution in [3.8, 4) is 0 Å². The van der Waals surface area contributed by atoms with E-state index < -0.39 is 5.97 Å². The van der Waals surface area contributed by atoms with Gasteiger partial charge in [0, 0.05) is 15.2 Å². The molecule has 0 bridgehead atoms. The number of nitrogens with zero attached hydrogens (tertiary/aromatic N) is 1. The molecular weight excluding hydrogens is 418 g/mol. The van der Waals surface area contributed by atoms with Crippen molar-refractivity contribution in [2.45, 2.75) is 6.92 Å². The van der Waals surface area contributed by atoms with Gasteiger partial charge in [-0.15, -0.1) is 0 Å². The maximum absolute atomic E-state index is 13.1. The fraction of sp³-hybridized carbons (Fsp3) is 0.100. The topological polar surface area (TPSA) is 46.6 Å². The molecular formula is C20H15BrClNO3. The molecule has 0 radical (unpaired) electrons. The number of esters is 1. The van der Waals surface area contributed by atoms with Gasteiger partial charge in [0.15, 0.2) is 0 Å². The number of amides is 1. The second kappa shape index (κ2) is 7.48. The van der Waals surface area contributed by atoms with Crippen LogP contribution >= 0.6 is 27.5 Å². The zero-order chi connectivity index (χ0) is 18.8. The Kier molecular flexibility index (Phi) is 5.30. The number of benzene rings is 2. The van der Waals surface area contributed by atoms with Crippen LogP contribution in [-0.2, 0) is 14.3 Å². The number of hydrogen-bond acceptors (Lipinski definition) is 3. The lowest BCUT2D eigenvalue weighted by Gasteiger charge is -2.18. The minimum absolute atomic E-state index is 0.250. The molecule has 0 spiro atoms. The number of ether oxygens (including phenoxy) is 1. The fourth-order valence-corrected chi connectivity index (χ4v) is 3.28. The van der Waals surface area contributed by atoms with Crippen LogP contribution in [-0.4, -0.2) is 19.0 Å². The van der Waals surface area contributed by atoms with Gasteiger partial charge in [-0.1, -0.05) is 45.7 Å². The number of hydrogen-bond donors (Lipinski definition) is 0. The van der Waals surface area contributed by atoms with Crippen LogP contribution in [0.1, 0.15) is 12.5 Å². The molecule has 0 N–H and O–H groups in total. The molecule has 0 atom stereocenters. The van der Waals surface area contributed by atoms with E-state index in [9.17, 15) is 9.59 Å². The summed E-state index contributed by atoms with van der Waals surface area (Å²) < 4.78 is 5.83. The third-order valence-corrected chi connectivity index (χ3v) is 4.80. The van der Waals surface area contributed by atoms with Gasteiger partial charge in [-0.25, -0.2) is 4.79 Å². The summed E-state index contributed by atoms with van der Waals surface area (Å²) in [7, 11) is 1.30. The molecule has 132 valence electrons. The van der Waals surface area contributed by atoms with Crippen LogP contribution < -0.4 is 4.90 Å². The van der Waals surface area contributed by atoms with Gasteiger partial charge in [-0.3, -0.25) is 9.69 Å². The molecule has 0 saturated heterocycles. The first-order chi connectivity index (χ1) is 12.4. The van der Waals surface area contributed by atoms with Crippen molar-refractivity contribution in [2.75, 3.05) is 12.0 Å². The predicted octanol–water partition coefficient (Wildman–Crippen LogP) is 4.98. The van der Waals surface area contributed by atoms with Crippen LogP contribution in [0.4, 0.5) is 5.69 Å². The minimum atomic E-state index is -0.552. The Bertz CT molecular complexity index is 948. The Hall–Kier alpha value is -2.37. The Balaban J connectivity index is 2.13. The molecule has 1 aliphatic heterocycles. The number of allylic oxidation sites excluding steroid dienone is 1. The highest BCUT2D eigenvalue weighted by molar-refractivity contribution is 9.10. The van der Waals surface area contributed by atoms with E-state index in [4.69, 9.17) is 16.3 Å². The molecule has 26 heavy (non-hydrogen) atoms. The molecule has 4 nitrogen and oxygen atoms in total. The lowest BCUT2D eigenvalue weighted by atomic mass is 10.0. The standard InChI is InChI=1S/C20H15BrClNO3/c1-12-18(20(25)26-2)17(10-13-6-8-14(21)9-7-13)19(24)23(12)16-5-3-4-15(22)11-16/h3-11H,1-2H3/b17-10-. The highest BCUT2D eigenvalue weighted by Crippen LogP contribution is 2.36. The first kappa shape index (κ1) is 18.4. The lowest BCUT2D eigenvalue weighted by Crippen LogP contribution is -2.24. The Labute approximate surface area is 164 Å². The first-order valence-electron chi connectivity index (χ1n) is 7.79. The molecule has 0 saturated carbocycles. The van der Waals surface area contributed by atoms with Crippen LogP contribution in [0, 0.1) is 0 Å². The highest BCUT2D eigenvalue weighted by atomic mass is 79.9. The van der Waals surface area contributed by atoms with Gasteiger partial charge in [0.05, 0.1) is 23.9 Å². The maximum atomic E-state index is 13.1. The number of rotatable bonds is 3. The van der Waals surface area contributed by atoms with Gasteiger partial charge >= 0.3 is 5.97 Å². The minimum Gasteiger partial charge on any atom is -0.465 e. The molecule has 6 heteroatoms. The van der Waals surface area contributed by atoms with Crippen LogP contribution in [0.25, 0.3) is 6.08 Å². The largest absolute Gasteiger partial charge is 0.465 e. The number of carbonyl (C=O) groups is 2. The van der Waals surface area contributed by atoms with Gasteiger partial charge in [-0.05, 0) is 48.9 Å². The Morgan fingerprint density at radius 2 is 1.88 bits per heavy atom. The second-order valence-electron chi connectivity index (χ2n) is 5.68. The zero-order valence-corrected chi connectivity index (χ0v) is 16.5. The third-order valence-electron chi connectivity index (χ3n) is 4.04. The van der Waals surface area contributed by atoms with E-state index in [1.54, 1.807) is 37.3 Å². The summed E-state index contributed by atoms with van der Waals surface area (Å²) in [6, 6.07) is 14.4. The average Bonchev–Trinajstić information content (AvgIpc) is 2.86. The monoisotopic (exact) mass is 431 g/mol. The van der Waals surface area contributed by atoms with E-state index in [1.807, 2.05) is 24.3 Å². The fourth-order valence-electron chi connectivity index (χ4n) is 2.83. The summed E-state index contributed by atoms with van der Waals surface area (Å²) in [5.41, 5.74) is 2.45. The van der Waals surface area contributed by atoms with Gasteiger partial charge in [-0.2, -0.15) is 0 Å². The number of anilines is 1. The van der Waals surface area contributed by atoms with Gasteiger partial charge in [0.2, 0.25) is 0 Å². The molecule has 0 fully saturated rings. The van der Waals surface area contributed by atoms with Crippen molar-refractivity contribution in [1.29, 1.82) is 0 Å². The molecule has 0 aromatic heterocycles. The molecule has 1 aliphatic rings. The summed E-state index contributed by atoms with van der Waals surface area (Å²) in [5.74, 6) is -0.850. The Morgan fingerprint density at radius 3 is 2.50 bits per heavy atom. The second-order valence-corrected chi connectivity index (χ2v) is 7.03. The van der Waals surface area contributed by atoms with Crippen molar-refractivity contribution in [3.05, 3.63) is 80.4 Å². The van der Waals surface area contributed by atoms with Crippen LogP contribution in [0.3, 0.4) is 0 Å². The van der Waals surface area contributed by atoms with Crippen molar-refractivity contribution >= 4 is 51.2 Å². The summed E-state index contributed by atoms with van der Waals surface area (Å²) in [6.45, 7) is 1.72. The van der Waals surface area contributed by atoms with E-state index in [2.05, 4.69) is 15.9 Å². The smallest absolute Gasteiger partial charge is 0.340 e. The van der Waals surface area contributed by atoms with Crippen molar-refractivity contribution in [1.82, 2.24) is 0 Å². The maximum Gasteiger partial charge on any atom is 0.340 e. The summed E-state index contributed by atoms with van der Waals surface area (Å²) in [4.78, 5) is 26.9. The zero-order valence-electron chi connectivity index (χ0n) is 14.1. The van der Waals surface area contributed by atoms with E-state index in [0.29, 0.717) is 16.4 Å². The highest BCUT2D eigenvalue weighted by Gasteiger charge is 2.37. The quantitative estimate of drug-likeness (QED) is 0.508. The molecule has 2 aromatic rings. The normalized spacial score (nSPS) is 15.8. The van der Waals surface area contributed by atoms with E-state index in [1.165, 1.54) is 12.0 Å². The van der Waals surface area contributed by atoms with Crippen LogP contribution in [0.2, 0.25) is 5.02 Å². The average molecular weight is 433 g/mol. The summed E-state index contributed by atoms with van der Waals surface area (Å²) in [6.07, 6.45) is 1.69. The van der Waals surface area contributed by atoms with E-state index in [-0.39, 0.29) is 17.1 Å². The van der Waals surface area contributed by atoms with Crippen molar-refractivity contribution in [2.24, 2.45) is 0 Å². The third kappa shape index (κ3) is 3.45. The summed E-state index contributed by atoms with van der Waals surface area (Å²) in [5, 5.41) is 0.507. The molecule has 0 unspecified atom stereocenters. The van der Waals surface area contributed by atoms with Crippen LogP contribution in [0.15, 0.2) is 69.8 Å². The van der Waals surface area contributed by atoms with Crippen LogP contribution in [0.5, 0.6) is 0 Å². The Morgan fingerprint density at radius 1 is 1.19 bits per heavy atom. The van der Waals surface area contributed by atoms with Gasteiger partial charge in [0.1, 0.15) is 0 Å². The first-order valence-corrected chi connectivity index (χ1v) is 8.96. The molecule has 3 rings (SSSR count). The number of methoxy groups -OCH3 is 1. The SMILES string of the molecule is COC(=O)C1=C(C)N(c2cccc(Cl)c2)C(=O)/C1=C\c1ccc(Br)cc1. The van der Waals surface area contributed by atoms with E-state index in [0.717, 1.165) is 10.0 Å². The van der Waals surface area contributed by atoms with Gasteiger partial charge in [0.25, 0.3) is 5.91 Å². The van der Waals surface area contributed by atoms with E-state index >= 15 is 0 Å². The summed E-state index contributed by atoms with van der Waals surface area (Å²) >= 11 is 9.44. The van der Waals surface area contributed by atoms with Gasteiger partial charge < -0.3 is 4.74 Å². The van der Waals surface area contributed by atoms with Crippen molar-refractivity contribution < 1.29 is 14.3 Å². The molecule has 1 amide bonds.